The maximum Gasteiger partial charge on any atom is 0.164 e. The molecule has 0 aromatic heterocycles. The molecular weight excluding hydrogens is 176 g/mol. The molecule has 0 radical (unpaired) electrons. The summed E-state index contributed by atoms with van der Waals surface area (Å²) < 4.78 is 0. The number of Topliss-reactive ketones (excluding diaryl/α,β-unsaturated/α-hetero) is 1. The molecular formula is C12H22O2. The van der Waals surface area contributed by atoms with Gasteiger partial charge in [-0.2, -0.15) is 0 Å². The Balaban J connectivity index is 2.37. The maximum atomic E-state index is 11.7. The van der Waals surface area contributed by atoms with E-state index < -0.39 is 6.10 Å². The standard InChI is InChI=1S/C12H22O2/c1-3-4-11(13)12(14)10-7-5-9(2)6-8-10/h9-11,13H,3-8H2,1-2H3. The largest absolute Gasteiger partial charge is 0.385 e. The molecule has 1 N–H and O–H groups in total. The number of ketones is 1. The lowest BCUT2D eigenvalue weighted by Gasteiger charge is -2.26. The summed E-state index contributed by atoms with van der Waals surface area (Å²) in [6, 6.07) is 0. The van der Waals surface area contributed by atoms with Crippen LogP contribution in [0, 0.1) is 11.8 Å². The van der Waals surface area contributed by atoms with Crippen LogP contribution in [0.3, 0.4) is 0 Å². The van der Waals surface area contributed by atoms with Gasteiger partial charge in [0, 0.05) is 5.92 Å². The molecule has 2 heteroatoms. The molecule has 14 heavy (non-hydrogen) atoms. The Labute approximate surface area is 86.7 Å². The van der Waals surface area contributed by atoms with Crippen molar-refractivity contribution in [3.63, 3.8) is 0 Å². The van der Waals surface area contributed by atoms with Crippen LogP contribution in [0.25, 0.3) is 0 Å². The van der Waals surface area contributed by atoms with Crippen molar-refractivity contribution in [1.29, 1.82) is 0 Å². The van der Waals surface area contributed by atoms with E-state index in [9.17, 15) is 9.90 Å². The SMILES string of the molecule is CCCC(O)C(=O)C1CCC(C)CC1. The van der Waals surface area contributed by atoms with Gasteiger partial charge in [0.2, 0.25) is 0 Å². The second-order valence-electron chi connectivity index (χ2n) is 4.66. The Bertz CT molecular complexity index is 181. The van der Waals surface area contributed by atoms with Crippen molar-refractivity contribution >= 4 is 5.78 Å². The van der Waals surface area contributed by atoms with Crippen molar-refractivity contribution in [2.75, 3.05) is 0 Å². The molecule has 1 unspecified atom stereocenters. The number of hydrogen-bond acceptors (Lipinski definition) is 2. The second-order valence-corrected chi connectivity index (χ2v) is 4.66. The minimum atomic E-state index is -0.696. The Kier molecular flexibility index (Phi) is 4.59. The summed E-state index contributed by atoms with van der Waals surface area (Å²) in [5.74, 6) is 1.01. The zero-order valence-electron chi connectivity index (χ0n) is 9.33. The van der Waals surface area contributed by atoms with E-state index in [1.54, 1.807) is 0 Å². The predicted octanol–water partition coefficient (Wildman–Crippen LogP) is 2.54. The van der Waals surface area contributed by atoms with Crippen LogP contribution in [0.2, 0.25) is 0 Å². The van der Waals surface area contributed by atoms with Crippen molar-refractivity contribution < 1.29 is 9.90 Å². The van der Waals surface area contributed by atoms with Crippen LogP contribution in [0.5, 0.6) is 0 Å². The topological polar surface area (TPSA) is 37.3 Å². The molecule has 1 saturated carbocycles. The zero-order chi connectivity index (χ0) is 10.6. The zero-order valence-corrected chi connectivity index (χ0v) is 9.33. The number of carbonyl (C=O) groups is 1. The van der Waals surface area contributed by atoms with E-state index in [0.29, 0.717) is 6.42 Å². The van der Waals surface area contributed by atoms with E-state index >= 15 is 0 Å². The van der Waals surface area contributed by atoms with Crippen molar-refractivity contribution in [1.82, 2.24) is 0 Å². The highest BCUT2D eigenvalue weighted by Crippen LogP contribution is 2.29. The highest BCUT2D eigenvalue weighted by molar-refractivity contribution is 5.85. The van der Waals surface area contributed by atoms with Crippen LogP contribution in [-0.2, 0) is 4.79 Å². The van der Waals surface area contributed by atoms with Crippen LogP contribution in [-0.4, -0.2) is 17.0 Å². The summed E-state index contributed by atoms with van der Waals surface area (Å²) in [7, 11) is 0. The summed E-state index contributed by atoms with van der Waals surface area (Å²) in [4.78, 5) is 11.7. The van der Waals surface area contributed by atoms with Crippen LogP contribution in [0.4, 0.5) is 0 Å². The van der Waals surface area contributed by atoms with Gasteiger partial charge in [0.1, 0.15) is 6.10 Å². The molecule has 1 aliphatic carbocycles. The Morgan fingerprint density at radius 2 is 1.93 bits per heavy atom. The molecule has 1 aliphatic rings. The third-order valence-corrected chi connectivity index (χ3v) is 3.31. The van der Waals surface area contributed by atoms with E-state index in [1.807, 2.05) is 6.92 Å². The molecule has 0 bridgehead atoms. The van der Waals surface area contributed by atoms with E-state index in [1.165, 1.54) is 0 Å². The first-order valence-corrected chi connectivity index (χ1v) is 5.87. The smallest absolute Gasteiger partial charge is 0.164 e. The van der Waals surface area contributed by atoms with Gasteiger partial charge in [-0.3, -0.25) is 4.79 Å². The summed E-state index contributed by atoms with van der Waals surface area (Å²) in [5.41, 5.74) is 0. The average Bonchev–Trinajstić information content (AvgIpc) is 2.18. The Hall–Kier alpha value is -0.370. The lowest BCUT2D eigenvalue weighted by molar-refractivity contribution is -0.132. The molecule has 0 heterocycles. The van der Waals surface area contributed by atoms with Gasteiger partial charge < -0.3 is 5.11 Å². The monoisotopic (exact) mass is 198 g/mol. The second kappa shape index (κ2) is 5.50. The van der Waals surface area contributed by atoms with Gasteiger partial charge in [-0.25, -0.2) is 0 Å². The third kappa shape index (κ3) is 3.09. The van der Waals surface area contributed by atoms with E-state index in [4.69, 9.17) is 0 Å². The first-order chi connectivity index (χ1) is 6.65. The number of aliphatic hydroxyl groups is 1. The van der Waals surface area contributed by atoms with Gasteiger partial charge in [-0.15, -0.1) is 0 Å². The van der Waals surface area contributed by atoms with Gasteiger partial charge >= 0.3 is 0 Å². The molecule has 0 saturated heterocycles. The van der Waals surface area contributed by atoms with Gasteiger partial charge in [0.25, 0.3) is 0 Å². The molecule has 0 aromatic rings. The summed E-state index contributed by atoms with van der Waals surface area (Å²) in [6.45, 7) is 4.24. The van der Waals surface area contributed by atoms with Crippen LogP contribution < -0.4 is 0 Å². The minimum absolute atomic E-state index is 0.0961. The maximum absolute atomic E-state index is 11.7. The van der Waals surface area contributed by atoms with Crippen molar-refractivity contribution in [3.05, 3.63) is 0 Å². The molecule has 0 spiro atoms. The summed E-state index contributed by atoms with van der Waals surface area (Å²) in [6.07, 6.45) is 5.09. The van der Waals surface area contributed by atoms with E-state index in [0.717, 1.165) is 38.0 Å². The van der Waals surface area contributed by atoms with Gasteiger partial charge in [0.05, 0.1) is 0 Å². The van der Waals surface area contributed by atoms with Crippen LogP contribution in [0.15, 0.2) is 0 Å². The minimum Gasteiger partial charge on any atom is -0.385 e. The van der Waals surface area contributed by atoms with Crippen LogP contribution >= 0.6 is 0 Å². The molecule has 1 fully saturated rings. The molecule has 0 amide bonds. The summed E-state index contributed by atoms with van der Waals surface area (Å²) >= 11 is 0. The number of carbonyl (C=O) groups excluding carboxylic acids is 1. The lowest BCUT2D eigenvalue weighted by atomic mass is 9.79. The fourth-order valence-corrected chi connectivity index (χ4v) is 2.23. The molecule has 1 rings (SSSR count). The highest BCUT2D eigenvalue weighted by atomic mass is 16.3. The Morgan fingerprint density at radius 3 is 2.43 bits per heavy atom. The first-order valence-electron chi connectivity index (χ1n) is 5.87. The predicted molar refractivity (Wildman–Crippen MR) is 57.0 cm³/mol. The molecule has 0 aliphatic heterocycles. The quantitative estimate of drug-likeness (QED) is 0.753. The van der Waals surface area contributed by atoms with Crippen molar-refractivity contribution in [2.24, 2.45) is 11.8 Å². The van der Waals surface area contributed by atoms with Crippen LogP contribution in [0.1, 0.15) is 52.4 Å². The van der Waals surface area contributed by atoms with E-state index in [2.05, 4.69) is 6.92 Å². The third-order valence-electron chi connectivity index (χ3n) is 3.31. The van der Waals surface area contributed by atoms with E-state index in [-0.39, 0.29) is 11.7 Å². The molecule has 2 nitrogen and oxygen atoms in total. The average molecular weight is 198 g/mol. The number of hydrogen-bond donors (Lipinski definition) is 1. The number of aliphatic hydroxyl groups excluding tert-OH is 1. The molecule has 1 atom stereocenters. The fraction of sp³-hybridized carbons (Fsp3) is 0.917. The molecule has 0 aromatic carbocycles. The normalized spacial score (nSPS) is 29.9. The van der Waals surface area contributed by atoms with Gasteiger partial charge in [0.15, 0.2) is 5.78 Å². The summed E-state index contributed by atoms with van der Waals surface area (Å²) in [5, 5.41) is 9.59. The Morgan fingerprint density at radius 1 is 1.36 bits per heavy atom. The lowest BCUT2D eigenvalue weighted by Crippen LogP contribution is -2.30. The molecule has 82 valence electrons. The number of rotatable bonds is 4. The van der Waals surface area contributed by atoms with Crippen molar-refractivity contribution in [3.8, 4) is 0 Å². The van der Waals surface area contributed by atoms with Crippen molar-refractivity contribution in [2.45, 2.75) is 58.5 Å². The van der Waals surface area contributed by atoms with Gasteiger partial charge in [-0.05, 0) is 25.2 Å². The first kappa shape index (κ1) is 11.7. The van der Waals surface area contributed by atoms with Gasteiger partial charge in [-0.1, -0.05) is 33.1 Å². The fourth-order valence-electron chi connectivity index (χ4n) is 2.23. The highest BCUT2D eigenvalue weighted by Gasteiger charge is 2.27.